The number of para-hydroxylation sites is 2. The zero-order chi connectivity index (χ0) is 15.5. The van der Waals surface area contributed by atoms with Gasteiger partial charge in [-0.2, -0.15) is 0 Å². The summed E-state index contributed by atoms with van der Waals surface area (Å²) in [5.74, 6) is 0.0458. The van der Waals surface area contributed by atoms with Crippen molar-refractivity contribution in [3.63, 3.8) is 0 Å². The van der Waals surface area contributed by atoms with Crippen LogP contribution in [0, 0.1) is 0 Å². The van der Waals surface area contributed by atoms with Crippen molar-refractivity contribution in [2.75, 3.05) is 10.6 Å². The number of ketones is 1. The molecule has 0 spiro atoms. The van der Waals surface area contributed by atoms with Crippen LogP contribution in [0.1, 0.15) is 6.42 Å². The van der Waals surface area contributed by atoms with E-state index in [0.717, 1.165) is 11.4 Å². The zero-order valence-corrected chi connectivity index (χ0v) is 13.2. The van der Waals surface area contributed by atoms with Gasteiger partial charge >= 0.3 is 0 Å². The average Bonchev–Trinajstić information content (AvgIpc) is 2.84. The van der Waals surface area contributed by atoms with Gasteiger partial charge in [0.1, 0.15) is 0 Å². The van der Waals surface area contributed by atoms with Crippen molar-refractivity contribution in [1.82, 2.24) is 0 Å². The molecule has 0 amide bonds. The molecule has 2 N–H and O–H groups in total. The number of benzene rings is 2. The van der Waals surface area contributed by atoms with Crippen molar-refractivity contribution in [2.24, 2.45) is 0 Å². The topological polar surface area (TPSA) is 41.1 Å². The molecule has 22 heavy (non-hydrogen) atoms. The second-order valence-corrected chi connectivity index (χ2v) is 5.86. The third kappa shape index (κ3) is 3.26. The summed E-state index contributed by atoms with van der Waals surface area (Å²) in [6, 6.07) is 14.7. The van der Waals surface area contributed by atoms with Gasteiger partial charge in [-0.3, -0.25) is 4.79 Å². The van der Waals surface area contributed by atoms with Gasteiger partial charge in [0.25, 0.3) is 0 Å². The highest BCUT2D eigenvalue weighted by Crippen LogP contribution is 2.27. The monoisotopic (exact) mass is 332 g/mol. The fourth-order valence-electron chi connectivity index (χ4n) is 2.35. The maximum absolute atomic E-state index is 12.1. The van der Waals surface area contributed by atoms with E-state index >= 15 is 0 Å². The van der Waals surface area contributed by atoms with Crippen molar-refractivity contribution in [2.45, 2.75) is 12.5 Å². The number of halogens is 2. The van der Waals surface area contributed by atoms with Crippen LogP contribution in [0.25, 0.3) is 0 Å². The van der Waals surface area contributed by atoms with Gasteiger partial charge in [-0.05, 0) is 30.3 Å². The number of carbonyl (C=O) groups excluding carboxylic acids is 1. The number of rotatable bonds is 4. The molecule has 0 fully saturated rings. The van der Waals surface area contributed by atoms with E-state index in [1.807, 2.05) is 48.5 Å². The van der Waals surface area contributed by atoms with Gasteiger partial charge in [0.05, 0.1) is 33.2 Å². The first-order chi connectivity index (χ1) is 10.6. The molecule has 2 aromatic rings. The van der Waals surface area contributed by atoms with Crippen LogP contribution in [0.15, 0.2) is 60.3 Å². The Bertz CT molecular complexity index is 743. The van der Waals surface area contributed by atoms with E-state index in [4.69, 9.17) is 23.2 Å². The summed E-state index contributed by atoms with van der Waals surface area (Å²) in [7, 11) is 0. The molecule has 1 atom stereocenters. The minimum absolute atomic E-state index is 0.0458. The molecule has 5 heteroatoms. The predicted octanol–water partition coefficient (Wildman–Crippen LogP) is 4.74. The van der Waals surface area contributed by atoms with Gasteiger partial charge in [-0.1, -0.05) is 47.5 Å². The van der Waals surface area contributed by atoms with Gasteiger partial charge in [-0.25, -0.2) is 0 Å². The van der Waals surface area contributed by atoms with Crippen LogP contribution in [0.5, 0.6) is 0 Å². The van der Waals surface area contributed by atoms with Gasteiger partial charge < -0.3 is 10.6 Å². The standard InChI is InChI=1S/C17H14Cl2N2O/c18-12-5-1-3-7-14(12)20-11-9-16(17(22)10-11)21-15-8-4-2-6-13(15)19/h1-9,11,20-21H,10H2/t11-/m1/s1. The number of hydrogen-bond donors (Lipinski definition) is 2. The van der Waals surface area contributed by atoms with Crippen molar-refractivity contribution < 1.29 is 4.79 Å². The highest BCUT2D eigenvalue weighted by Gasteiger charge is 2.24. The lowest BCUT2D eigenvalue weighted by molar-refractivity contribution is -0.114. The molecule has 0 saturated heterocycles. The van der Waals surface area contributed by atoms with Crippen LogP contribution in [0.2, 0.25) is 10.0 Å². The Labute approximate surface area is 138 Å². The van der Waals surface area contributed by atoms with Crippen LogP contribution in [-0.4, -0.2) is 11.8 Å². The zero-order valence-electron chi connectivity index (χ0n) is 11.6. The Morgan fingerprint density at radius 1 is 0.909 bits per heavy atom. The molecular weight excluding hydrogens is 319 g/mol. The minimum Gasteiger partial charge on any atom is -0.377 e. The fraction of sp³-hybridized carbons (Fsp3) is 0.118. The summed E-state index contributed by atoms with van der Waals surface area (Å²) in [6.07, 6.45) is 2.26. The quantitative estimate of drug-likeness (QED) is 0.849. The van der Waals surface area contributed by atoms with Crippen LogP contribution in [-0.2, 0) is 4.79 Å². The highest BCUT2D eigenvalue weighted by molar-refractivity contribution is 6.33. The highest BCUT2D eigenvalue weighted by atomic mass is 35.5. The Morgan fingerprint density at radius 2 is 1.50 bits per heavy atom. The first-order valence-corrected chi connectivity index (χ1v) is 7.67. The largest absolute Gasteiger partial charge is 0.377 e. The SMILES string of the molecule is O=C1C[C@H](Nc2ccccc2Cl)C=C1Nc1ccccc1Cl. The maximum Gasteiger partial charge on any atom is 0.181 e. The predicted molar refractivity (Wildman–Crippen MR) is 91.6 cm³/mol. The molecule has 0 bridgehead atoms. The summed E-state index contributed by atoms with van der Waals surface area (Å²) < 4.78 is 0. The fourth-order valence-corrected chi connectivity index (χ4v) is 2.73. The maximum atomic E-state index is 12.1. The number of hydrogen-bond acceptors (Lipinski definition) is 3. The minimum atomic E-state index is -0.0858. The van der Waals surface area contributed by atoms with Crippen LogP contribution in [0.4, 0.5) is 11.4 Å². The molecule has 0 radical (unpaired) electrons. The molecular formula is C17H14Cl2N2O. The molecule has 1 aliphatic rings. The van der Waals surface area contributed by atoms with Gasteiger partial charge in [0.15, 0.2) is 5.78 Å². The third-order valence-corrected chi connectivity index (χ3v) is 4.09. The molecule has 3 rings (SSSR count). The van der Waals surface area contributed by atoms with Crippen molar-refractivity contribution in [3.8, 4) is 0 Å². The number of Topliss-reactive ketones (excluding diaryl/α,β-unsaturated/α-hetero) is 1. The molecule has 0 heterocycles. The number of nitrogens with one attached hydrogen (secondary N) is 2. The van der Waals surface area contributed by atoms with Crippen LogP contribution >= 0.6 is 23.2 Å². The summed E-state index contributed by atoms with van der Waals surface area (Å²) in [5, 5.41) is 7.58. The Balaban J connectivity index is 1.75. The Hall–Kier alpha value is -1.97. The van der Waals surface area contributed by atoms with E-state index in [1.165, 1.54) is 0 Å². The molecule has 0 aliphatic heterocycles. The van der Waals surface area contributed by atoms with E-state index in [1.54, 1.807) is 6.07 Å². The summed E-state index contributed by atoms with van der Waals surface area (Å²) >= 11 is 12.2. The summed E-state index contributed by atoms with van der Waals surface area (Å²) in [5.41, 5.74) is 2.09. The third-order valence-electron chi connectivity index (χ3n) is 3.43. The molecule has 1 aliphatic carbocycles. The Kier molecular flexibility index (Phi) is 4.36. The van der Waals surface area contributed by atoms with Gasteiger partial charge in [0, 0.05) is 6.42 Å². The van der Waals surface area contributed by atoms with Crippen LogP contribution < -0.4 is 10.6 Å². The van der Waals surface area contributed by atoms with E-state index in [9.17, 15) is 4.79 Å². The first-order valence-electron chi connectivity index (χ1n) is 6.91. The molecule has 2 aromatic carbocycles. The second kappa shape index (κ2) is 6.42. The number of allylic oxidation sites excluding steroid dienone is 1. The lowest BCUT2D eigenvalue weighted by atomic mass is 10.2. The number of carbonyl (C=O) groups is 1. The average molecular weight is 333 g/mol. The van der Waals surface area contributed by atoms with Crippen LogP contribution in [0.3, 0.4) is 0 Å². The lowest BCUT2D eigenvalue weighted by Crippen LogP contribution is -2.15. The first kappa shape index (κ1) is 14.9. The van der Waals surface area contributed by atoms with Gasteiger partial charge in [0.2, 0.25) is 0 Å². The van der Waals surface area contributed by atoms with E-state index in [2.05, 4.69) is 10.6 Å². The molecule has 0 aromatic heterocycles. The van der Waals surface area contributed by atoms with Gasteiger partial charge in [-0.15, -0.1) is 0 Å². The van der Waals surface area contributed by atoms with Crippen molar-refractivity contribution in [3.05, 3.63) is 70.3 Å². The Morgan fingerprint density at radius 3 is 2.14 bits per heavy atom. The molecule has 3 nitrogen and oxygen atoms in total. The lowest BCUT2D eigenvalue weighted by Gasteiger charge is -2.12. The van der Waals surface area contributed by atoms with Crippen molar-refractivity contribution in [1.29, 1.82) is 0 Å². The molecule has 0 saturated carbocycles. The van der Waals surface area contributed by atoms with E-state index < -0.39 is 0 Å². The summed E-state index contributed by atoms with van der Waals surface area (Å²) in [4.78, 5) is 12.1. The molecule has 0 unspecified atom stereocenters. The van der Waals surface area contributed by atoms with E-state index in [-0.39, 0.29) is 11.8 Å². The second-order valence-electron chi connectivity index (χ2n) is 5.04. The van der Waals surface area contributed by atoms with Crippen molar-refractivity contribution >= 4 is 40.4 Å². The van der Waals surface area contributed by atoms with E-state index in [0.29, 0.717) is 22.2 Å². The number of anilines is 2. The summed E-state index contributed by atoms with van der Waals surface area (Å²) in [6.45, 7) is 0. The molecule has 112 valence electrons. The normalized spacial score (nSPS) is 17.3. The smallest absolute Gasteiger partial charge is 0.181 e.